The van der Waals surface area contributed by atoms with Crippen LogP contribution >= 0.6 is 0 Å². The van der Waals surface area contributed by atoms with E-state index in [0.29, 0.717) is 52.0 Å². The van der Waals surface area contributed by atoms with Crippen molar-refractivity contribution in [1.29, 1.82) is 0 Å². The fourth-order valence-electron chi connectivity index (χ4n) is 5.55. The molecule has 0 aliphatic carbocycles. The topological polar surface area (TPSA) is 217 Å². The van der Waals surface area contributed by atoms with Crippen LogP contribution in [0.15, 0.2) is 161 Å². The summed E-state index contributed by atoms with van der Waals surface area (Å²) in [7, 11) is -4.62. The number of aromatic carboxylic acids is 1. The van der Waals surface area contributed by atoms with Gasteiger partial charge in [0.2, 0.25) is 0 Å². The monoisotopic (exact) mass is 820 g/mol. The van der Waals surface area contributed by atoms with Crippen LogP contribution in [0.25, 0.3) is 12.2 Å². The SMILES string of the molecule is Cc1cc(N=Nc2ccc(C(=O)O)cc2)c(C)cc1N=Nc1ccc(C=Cc2ccc(N=Nc3cc(C)c(N=Nc4ccc(OC=O)cc4)cc3C)cc2S(=O)(=O)O)cc1. The van der Waals surface area contributed by atoms with E-state index in [9.17, 15) is 22.6 Å². The van der Waals surface area contributed by atoms with E-state index in [4.69, 9.17) is 9.84 Å². The lowest BCUT2D eigenvalue weighted by Gasteiger charge is -2.06. The van der Waals surface area contributed by atoms with E-state index in [2.05, 4.69) is 40.9 Å². The fraction of sp³-hybridized carbons (Fsp3) is 0.0909. The molecule has 0 unspecified atom stereocenters. The standard InChI is InChI=1S/C44H36N8O7S/c1-27-22-40(50-46-35-14-10-33(11-15-35)44(54)55)28(2)21-39(27)49-45-34-12-6-31(7-13-34)5-8-32-9-16-37(25-43(32)60(56,57)58)48-52-42-24-29(3)41(23-30(42)4)51-47-36-17-19-38(20-18-36)59-26-53/h5-26H,1-4H3,(H,54,55)(H,56,57,58). The second-order valence-corrected chi connectivity index (χ2v) is 14.7. The van der Waals surface area contributed by atoms with Gasteiger partial charge in [-0.2, -0.15) is 49.3 Å². The van der Waals surface area contributed by atoms with Crippen LogP contribution in [0.2, 0.25) is 0 Å². The first kappa shape index (κ1) is 41.9. The molecule has 0 aromatic heterocycles. The van der Waals surface area contributed by atoms with E-state index < -0.39 is 16.1 Å². The van der Waals surface area contributed by atoms with Gasteiger partial charge in [0.05, 0.1) is 51.1 Å². The molecule has 0 saturated carbocycles. The van der Waals surface area contributed by atoms with Gasteiger partial charge in [0, 0.05) is 0 Å². The Morgan fingerprint density at radius 3 is 1.35 bits per heavy atom. The Kier molecular flexibility index (Phi) is 13.1. The van der Waals surface area contributed by atoms with Gasteiger partial charge >= 0.3 is 5.97 Å². The van der Waals surface area contributed by atoms with Gasteiger partial charge in [-0.1, -0.05) is 30.4 Å². The third-order valence-corrected chi connectivity index (χ3v) is 9.79. The first-order valence-electron chi connectivity index (χ1n) is 18.1. The number of rotatable bonds is 14. The number of hydrogen-bond donors (Lipinski definition) is 2. The Hall–Kier alpha value is -7.69. The molecule has 0 amide bonds. The van der Waals surface area contributed by atoms with Crippen LogP contribution in [0.1, 0.15) is 43.7 Å². The quantitative estimate of drug-likeness (QED) is 0.0468. The number of aryl methyl sites for hydroxylation is 4. The lowest BCUT2D eigenvalue weighted by atomic mass is 10.1. The van der Waals surface area contributed by atoms with Gasteiger partial charge < -0.3 is 9.84 Å². The smallest absolute Gasteiger partial charge is 0.335 e. The highest BCUT2D eigenvalue weighted by molar-refractivity contribution is 7.86. The van der Waals surface area contributed by atoms with Gasteiger partial charge in [-0.15, -0.1) is 0 Å². The lowest BCUT2D eigenvalue weighted by Crippen LogP contribution is -2.00. The Morgan fingerprint density at radius 2 is 0.933 bits per heavy atom. The van der Waals surface area contributed by atoms with Crippen molar-refractivity contribution in [1.82, 2.24) is 0 Å². The molecule has 0 heterocycles. The van der Waals surface area contributed by atoms with Gasteiger partial charge in [0.15, 0.2) is 0 Å². The van der Waals surface area contributed by atoms with E-state index in [1.54, 1.807) is 91.0 Å². The summed E-state index contributed by atoms with van der Waals surface area (Å²) in [5.41, 5.74) is 8.67. The number of carboxylic acid groups (broad SMARTS) is 1. The van der Waals surface area contributed by atoms with Crippen molar-refractivity contribution in [3.05, 3.63) is 154 Å². The third kappa shape index (κ3) is 11.0. The first-order valence-corrected chi connectivity index (χ1v) is 19.5. The van der Waals surface area contributed by atoms with Crippen LogP contribution < -0.4 is 4.74 Å². The van der Waals surface area contributed by atoms with Crippen LogP contribution in [0, 0.1) is 27.7 Å². The average molecular weight is 821 g/mol. The molecule has 0 spiro atoms. The highest BCUT2D eigenvalue weighted by atomic mass is 32.2. The predicted octanol–water partition coefficient (Wildman–Crippen LogP) is 13.2. The predicted molar refractivity (Wildman–Crippen MR) is 227 cm³/mol. The number of azo groups is 4. The summed E-state index contributed by atoms with van der Waals surface area (Å²) >= 11 is 0. The van der Waals surface area contributed by atoms with E-state index in [-0.39, 0.29) is 21.7 Å². The maximum atomic E-state index is 12.4. The number of carbonyl (C=O) groups is 2. The van der Waals surface area contributed by atoms with Gasteiger partial charge in [-0.25, -0.2) is 4.79 Å². The number of ether oxygens (including phenoxy) is 1. The molecule has 60 heavy (non-hydrogen) atoms. The minimum absolute atomic E-state index is 0.168. The molecule has 6 aromatic rings. The van der Waals surface area contributed by atoms with Crippen LogP contribution in [0.4, 0.5) is 45.5 Å². The van der Waals surface area contributed by atoms with Crippen LogP contribution in [0.3, 0.4) is 0 Å². The summed E-state index contributed by atoms with van der Waals surface area (Å²) in [4.78, 5) is 21.3. The van der Waals surface area contributed by atoms with Crippen molar-refractivity contribution >= 4 is 80.2 Å². The van der Waals surface area contributed by atoms with Gasteiger partial charge in [0.25, 0.3) is 16.6 Å². The number of carbonyl (C=O) groups excluding carboxylic acids is 1. The normalized spacial score (nSPS) is 12.1. The Labute approximate surface area is 345 Å². The number of benzene rings is 6. The maximum absolute atomic E-state index is 12.4. The van der Waals surface area contributed by atoms with Crippen molar-refractivity contribution in [3.63, 3.8) is 0 Å². The van der Waals surface area contributed by atoms with Crippen molar-refractivity contribution < 1.29 is 32.4 Å². The van der Waals surface area contributed by atoms with Crippen LogP contribution in [0.5, 0.6) is 5.75 Å². The zero-order chi connectivity index (χ0) is 42.8. The number of nitrogens with zero attached hydrogens (tertiary/aromatic N) is 8. The molecule has 0 radical (unpaired) electrons. The lowest BCUT2D eigenvalue weighted by molar-refractivity contribution is -0.120. The molecule has 6 aromatic carbocycles. The first-order chi connectivity index (χ1) is 28.7. The van der Waals surface area contributed by atoms with Gasteiger partial charge in [-0.05, 0) is 158 Å². The minimum atomic E-state index is -4.62. The Balaban J connectivity index is 1.11. The number of hydrogen-bond acceptors (Lipinski definition) is 13. The van der Waals surface area contributed by atoms with E-state index in [0.717, 1.165) is 27.8 Å². The second kappa shape index (κ2) is 18.7. The highest BCUT2D eigenvalue weighted by Crippen LogP contribution is 2.34. The number of carboxylic acids is 1. The zero-order valence-corrected chi connectivity index (χ0v) is 33.4. The van der Waals surface area contributed by atoms with Crippen molar-refractivity contribution in [2.45, 2.75) is 32.6 Å². The van der Waals surface area contributed by atoms with Gasteiger partial charge in [-0.3, -0.25) is 9.35 Å². The van der Waals surface area contributed by atoms with Crippen LogP contribution in [-0.4, -0.2) is 30.5 Å². The van der Waals surface area contributed by atoms with Gasteiger partial charge in [0.1, 0.15) is 10.6 Å². The Morgan fingerprint density at radius 1 is 0.533 bits per heavy atom. The molecular weight excluding hydrogens is 785 g/mol. The molecule has 0 aliphatic heterocycles. The third-order valence-electron chi connectivity index (χ3n) is 8.88. The molecule has 0 aliphatic rings. The average Bonchev–Trinajstić information content (AvgIpc) is 3.23. The van der Waals surface area contributed by atoms with E-state index in [1.807, 2.05) is 39.8 Å². The second-order valence-electron chi connectivity index (χ2n) is 13.3. The molecule has 0 atom stereocenters. The molecule has 16 heteroatoms. The largest absolute Gasteiger partial charge is 0.478 e. The molecule has 0 bridgehead atoms. The van der Waals surface area contributed by atoms with E-state index in [1.165, 1.54) is 24.3 Å². The Bertz CT molecular complexity index is 2840. The van der Waals surface area contributed by atoms with Crippen molar-refractivity contribution in [2.24, 2.45) is 40.9 Å². The molecule has 0 saturated heterocycles. The highest BCUT2D eigenvalue weighted by Gasteiger charge is 2.15. The molecule has 15 nitrogen and oxygen atoms in total. The summed E-state index contributed by atoms with van der Waals surface area (Å²) in [6, 6.07) is 31.4. The summed E-state index contributed by atoms with van der Waals surface area (Å²) in [5.74, 6) is -0.621. The fourth-order valence-corrected chi connectivity index (χ4v) is 6.25. The maximum Gasteiger partial charge on any atom is 0.335 e. The summed E-state index contributed by atoms with van der Waals surface area (Å²) in [6.45, 7) is 7.79. The molecule has 300 valence electrons. The summed E-state index contributed by atoms with van der Waals surface area (Å²) in [5, 5.41) is 43.5. The molecule has 0 fully saturated rings. The van der Waals surface area contributed by atoms with Crippen molar-refractivity contribution in [3.8, 4) is 5.75 Å². The zero-order valence-electron chi connectivity index (χ0n) is 32.6. The van der Waals surface area contributed by atoms with Crippen LogP contribution in [-0.2, 0) is 14.9 Å². The van der Waals surface area contributed by atoms with E-state index >= 15 is 0 Å². The summed E-state index contributed by atoms with van der Waals surface area (Å²) < 4.78 is 39.7. The molecule has 2 N–H and O–H groups in total. The molecular formula is C44H36N8O7S. The molecule has 6 rings (SSSR count). The minimum Gasteiger partial charge on any atom is -0.478 e. The van der Waals surface area contributed by atoms with Crippen molar-refractivity contribution in [2.75, 3.05) is 0 Å². The summed E-state index contributed by atoms with van der Waals surface area (Å²) in [6.07, 6.45) is 3.28.